The smallest absolute Gasteiger partial charge is 0.162 e. The minimum Gasteiger partial charge on any atom is -0.486 e. The van der Waals surface area contributed by atoms with Crippen molar-refractivity contribution >= 4 is 17.4 Å². The third-order valence-corrected chi connectivity index (χ3v) is 3.14. The normalized spacial score (nSPS) is 13.7. The molecule has 0 radical (unpaired) electrons. The molecule has 0 fully saturated rings. The van der Waals surface area contributed by atoms with E-state index in [1.807, 2.05) is 6.07 Å². The zero-order valence-electron chi connectivity index (χ0n) is 9.81. The van der Waals surface area contributed by atoms with Crippen molar-refractivity contribution < 1.29 is 9.47 Å². The van der Waals surface area contributed by atoms with Crippen LogP contribution in [0.1, 0.15) is 0 Å². The first-order valence-electron chi connectivity index (χ1n) is 5.54. The van der Waals surface area contributed by atoms with E-state index in [-0.39, 0.29) is 0 Å². The average molecular weight is 266 g/mol. The molecular weight excluding hydrogens is 254 g/mol. The lowest BCUT2D eigenvalue weighted by atomic mass is 10.1. The van der Waals surface area contributed by atoms with Crippen LogP contribution >= 0.6 is 11.6 Å². The molecule has 0 saturated heterocycles. The van der Waals surface area contributed by atoms with Gasteiger partial charge in [-0.2, -0.15) is 5.10 Å². The summed E-state index contributed by atoms with van der Waals surface area (Å²) in [7, 11) is 1.78. The number of nitrogen functional groups attached to an aromatic ring is 1. The van der Waals surface area contributed by atoms with Gasteiger partial charge in [0.15, 0.2) is 11.5 Å². The van der Waals surface area contributed by atoms with Crippen LogP contribution in [0.5, 0.6) is 11.5 Å². The molecule has 1 aromatic heterocycles. The SMILES string of the molecule is Cn1nc(-c2cc3c(cc2Cl)OCCO3)cc1N. The van der Waals surface area contributed by atoms with Crippen LogP contribution < -0.4 is 15.2 Å². The zero-order valence-corrected chi connectivity index (χ0v) is 10.6. The molecule has 3 rings (SSSR count). The summed E-state index contributed by atoms with van der Waals surface area (Å²) < 4.78 is 12.6. The van der Waals surface area contributed by atoms with E-state index in [1.54, 1.807) is 23.9 Å². The maximum atomic E-state index is 6.23. The fraction of sp³-hybridized carbons (Fsp3) is 0.250. The Bertz CT molecular complexity index is 590. The first-order valence-corrected chi connectivity index (χ1v) is 5.92. The highest BCUT2D eigenvalue weighted by molar-refractivity contribution is 6.33. The average Bonchev–Trinajstić information content (AvgIpc) is 2.68. The summed E-state index contributed by atoms with van der Waals surface area (Å²) >= 11 is 6.23. The van der Waals surface area contributed by atoms with Gasteiger partial charge in [-0.3, -0.25) is 4.68 Å². The van der Waals surface area contributed by atoms with Gasteiger partial charge in [0.05, 0.1) is 10.7 Å². The van der Waals surface area contributed by atoms with Crippen molar-refractivity contribution in [1.29, 1.82) is 0 Å². The highest BCUT2D eigenvalue weighted by Crippen LogP contribution is 2.39. The van der Waals surface area contributed by atoms with Crippen LogP contribution in [0, 0.1) is 0 Å². The van der Waals surface area contributed by atoms with E-state index in [4.69, 9.17) is 26.8 Å². The summed E-state index contributed by atoms with van der Waals surface area (Å²) in [4.78, 5) is 0. The maximum absolute atomic E-state index is 6.23. The van der Waals surface area contributed by atoms with E-state index in [0.29, 0.717) is 35.6 Å². The van der Waals surface area contributed by atoms with Crippen LogP contribution in [0.4, 0.5) is 5.82 Å². The van der Waals surface area contributed by atoms with Crippen molar-refractivity contribution in [3.8, 4) is 22.8 Å². The second kappa shape index (κ2) is 4.10. The summed E-state index contributed by atoms with van der Waals surface area (Å²) in [6.07, 6.45) is 0. The predicted octanol–water partition coefficient (Wildman–Crippen LogP) is 2.09. The van der Waals surface area contributed by atoms with Gasteiger partial charge >= 0.3 is 0 Å². The first kappa shape index (κ1) is 11.2. The molecule has 0 aliphatic carbocycles. The second-order valence-electron chi connectivity index (χ2n) is 4.05. The molecule has 0 spiro atoms. The second-order valence-corrected chi connectivity index (χ2v) is 4.46. The number of benzene rings is 1. The van der Waals surface area contributed by atoms with Crippen molar-refractivity contribution in [3.05, 3.63) is 23.2 Å². The largest absolute Gasteiger partial charge is 0.486 e. The lowest BCUT2D eigenvalue weighted by molar-refractivity contribution is 0.171. The molecule has 2 N–H and O–H groups in total. The molecule has 94 valence electrons. The van der Waals surface area contributed by atoms with E-state index < -0.39 is 0 Å². The lowest BCUT2D eigenvalue weighted by Crippen LogP contribution is -2.15. The number of ether oxygens (including phenoxy) is 2. The van der Waals surface area contributed by atoms with E-state index in [0.717, 1.165) is 11.3 Å². The molecule has 1 aliphatic heterocycles. The Kier molecular flexibility index (Phi) is 2.56. The molecule has 6 heteroatoms. The van der Waals surface area contributed by atoms with Gasteiger partial charge in [-0.25, -0.2) is 0 Å². The summed E-state index contributed by atoms with van der Waals surface area (Å²) in [6.45, 7) is 1.08. The highest BCUT2D eigenvalue weighted by atomic mass is 35.5. The molecular formula is C12H12ClN3O2. The molecule has 1 aromatic carbocycles. The standard InChI is InChI=1S/C12H12ClN3O2/c1-16-12(14)6-9(15-16)7-4-10-11(5-8(7)13)18-3-2-17-10/h4-6H,2-3,14H2,1H3. The van der Waals surface area contributed by atoms with Crippen LogP contribution in [0.25, 0.3) is 11.3 Å². The van der Waals surface area contributed by atoms with Crippen LogP contribution in [-0.4, -0.2) is 23.0 Å². The Hall–Kier alpha value is -1.88. The van der Waals surface area contributed by atoms with Crippen LogP contribution in [0.3, 0.4) is 0 Å². The van der Waals surface area contributed by atoms with E-state index in [1.165, 1.54) is 0 Å². The number of aryl methyl sites for hydroxylation is 1. The van der Waals surface area contributed by atoms with Crippen LogP contribution in [0.15, 0.2) is 18.2 Å². The number of fused-ring (bicyclic) bond motifs is 1. The monoisotopic (exact) mass is 265 g/mol. The Balaban J connectivity index is 2.11. The van der Waals surface area contributed by atoms with Crippen molar-refractivity contribution in [3.63, 3.8) is 0 Å². The van der Waals surface area contributed by atoms with Crippen molar-refractivity contribution in [2.45, 2.75) is 0 Å². The van der Waals surface area contributed by atoms with Gasteiger partial charge in [-0.05, 0) is 6.07 Å². The summed E-state index contributed by atoms with van der Waals surface area (Å²) in [6, 6.07) is 5.35. The molecule has 1 aliphatic rings. The van der Waals surface area contributed by atoms with Gasteiger partial charge in [0.2, 0.25) is 0 Å². The number of hydrogen-bond donors (Lipinski definition) is 1. The van der Waals surface area contributed by atoms with Gasteiger partial charge in [0.25, 0.3) is 0 Å². The quantitative estimate of drug-likeness (QED) is 0.858. The van der Waals surface area contributed by atoms with E-state index >= 15 is 0 Å². The molecule has 18 heavy (non-hydrogen) atoms. The summed E-state index contributed by atoms with van der Waals surface area (Å²) in [5.41, 5.74) is 7.27. The Morgan fingerprint density at radius 3 is 2.50 bits per heavy atom. The summed E-state index contributed by atoms with van der Waals surface area (Å²) in [5, 5.41) is 4.87. The number of nitrogens with two attached hydrogens (primary N) is 1. The Labute approximate surface area is 109 Å². The van der Waals surface area contributed by atoms with Crippen molar-refractivity contribution in [2.75, 3.05) is 18.9 Å². The van der Waals surface area contributed by atoms with Gasteiger partial charge in [0, 0.05) is 24.7 Å². The lowest BCUT2D eigenvalue weighted by Gasteiger charge is -2.19. The van der Waals surface area contributed by atoms with E-state index in [9.17, 15) is 0 Å². The minimum atomic E-state index is 0.540. The van der Waals surface area contributed by atoms with Gasteiger partial charge in [-0.15, -0.1) is 0 Å². The van der Waals surface area contributed by atoms with E-state index in [2.05, 4.69) is 5.10 Å². The fourth-order valence-corrected chi connectivity index (χ4v) is 2.12. The minimum absolute atomic E-state index is 0.540. The number of nitrogens with zero attached hydrogens (tertiary/aromatic N) is 2. The molecule has 5 nitrogen and oxygen atoms in total. The van der Waals surface area contributed by atoms with Gasteiger partial charge in [-0.1, -0.05) is 11.6 Å². The zero-order chi connectivity index (χ0) is 12.7. The number of rotatable bonds is 1. The number of halogens is 1. The number of aromatic nitrogens is 2. The van der Waals surface area contributed by atoms with Gasteiger partial charge in [0.1, 0.15) is 19.0 Å². The third-order valence-electron chi connectivity index (χ3n) is 2.82. The molecule has 2 aromatic rings. The molecule has 2 heterocycles. The van der Waals surface area contributed by atoms with Crippen molar-refractivity contribution in [1.82, 2.24) is 9.78 Å². The van der Waals surface area contributed by atoms with Crippen LogP contribution in [0.2, 0.25) is 5.02 Å². The van der Waals surface area contributed by atoms with Crippen LogP contribution in [-0.2, 0) is 7.05 Å². The number of anilines is 1. The highest BCUT2D eigenvalue weighted by Gasteiger charge is 2.17. The Morgan fingerprint density at radius 2 is 1.89 bits per heavy atom. The molecule has 0 unspecified atom stereocenters. The van der Waals surface area contributed by atoms with Crippen molar-refractivity contribution in [2.24, 2.45) is 7.05 Å². The predicted molar refractivity (Wildman–Crippen MR) is 69.1 cm³/mol. The maximum Gasteiger partial charge on any atom is 0.162 e. The number of hydrogen-bond acceptors (Lipinski definition) is 4. The third kappa shape index (κ3) is 1.76. The molecule has 0 saturated carbocycles. The Morgan fingerprint density at radius 1 is 1.22 bits per heavy atom. The molecule has 0 amide bonds. The topological polar surface area (TPSA) is 62.3 Å². The molecule has 0 atom stereocenters. The first-order chi connectivity index (χ1) is 8.65. The summed E-state index contributed by atoms with van der Waals surface area (Å²) in [5.74, 6) is 1.93. The fourth-order valence-electron chi connectivity index (χ4n) is 1.87. The molecule has 0 bridgehead atoms. The van der Waals surface area contributed by atoms with Gasteiger partial charge < -0.3 is 15.2 Å².